The zero-order valence-corrected chi connectivity index (χ0v) is 8.34. The summed E-state index contributed by atoms with van der Waals surface area (Å²) in [4.78, 5) is 8.35. The van der Waals surface area contributed by atoms with Gasteiger partial charge in [0.25, 0.3) is 0 Å². The van der Waals surface area contributed by atoms with E-state index in [-0.39, 0.29) is 0 Å². The number of nitrogens with zero attached hydrogens (tertiary/aromatic N) is 2. The monoisotopic (exact) mass is 201 g/mol. The lowest BCUT2D eigenvalue weighted by atomic mass is 10.2. The maximum atomic E-state index is 5.59. The van der Waals surface area contributed by atoms with Gasteiger partial charge in [-0.05, 0) is 24.3 Å². The van der Waals surface area contributed by atoms with Gasteiger partial charge in [-0.3, -0.25) is 0 Å². The van der Waals surface area contributed by atoms with Crippen LogP contribution in [-0.4, -0.2) is 17.1 Å². The summed E-state index contributed by atoms with van der Waals surface area (Å²) in [6.07, 6.45) is 3.28. The van der Waals surface area contributed by atoms with E-state index >= 15 is 0 Å². The van der Waals surface area contributed by atoms with Gasteiger partial charge in [0.2, 0.25) is 0 Å². The molecule has 0 saturated carbocycles. The molecule has 15 heavy (non-hydrogen) atoms. The van der Waals surface area contributed by atoms with E-state index in [1.54, 1.807) is 19.5 Å². The van der Waals surface area contributed by atoms with Crippen molar-refractivity contribution < 1.29 is 4.74 Å². The highest BCUT2D eigenvalue weighted by Gasteiger charge is 2.00. The van der Waals surface area contributed by atoms with Crippen molar-refractivity contribution in [1.29, 1.82) is 0 Å². The van der Waals surface area contributed by atoms with Crippen LogP contribution in [0.15, 0.2) is 36.7 Å². The van der Waals surface area contributed by atoms with Crippen LogP contribution in [0.2, 0.25) is 0 Å². The zero-order valence-electron chi connectivity index (χ0n) is 8.34. The van der Waals surface area contributed by atoms with Crippen LogP contribution < -0.4 is 10.5 Å². The lowest BCUT2D eigenvalue weighted by molar-refractivity contribution is 0.411. The molecule has 2 aromatic rings. The Balaban J connectivity index is 2.33. The molecule has 0 aliphatic carbocycles. The average Bonchev–Trinajstić information content (AvgIpc) is 2.30. The number of aromatic nitrogens is 2. The number of hydrogen-bond acceptors (Lipinski definition) is 4. The summed E-state index contributed by atoms with van der Waals surface area (Å²) >= 11 is 0. The van der Waals surface area contributed by atoms with Crippen molar-refractivity contribution in [2.75, 3.05) is 12.8 Å². The third-order valence-corrected chi connectivity index (χ3v) is 2.03. The van der Waals surface area contributed by atoms with Gasteiger partial charge in [0.15, 0.2) is 11.6 Å². The number of methoxy groups -OCH3 is 1. The van der Waals surface area contributed by atoms with E-state index in [1.807, 2.05) is 24.3 Å². The van der Waals surface area contributed by atoms with Gasteiger partial charge in [-0.2, -0.15) is 0 Å². The Morgan fingerprint density at radius 1 is 1.07 bits per heavy atom. The highest BCUT2D eigenvalue weighted by molar-refractivity contribution is 5.58. The molecule has 1 aromatic heterocycles. The molecule has 1 heterocycles. The Labute approximate surface area is 87.7 Å². The maximum absolute atomic E-state index is 5.59. The zero-order chi connectivity index (χ0) is 10.7. The van der Waals surface area contributed by atoms with Crippen LogP contribution in [0, 0.1) is 0 Å². The van der Waals surface area contributed by atoms with Crippen LogP contribution in [0.4, 0.5) is 5.69 Å². The first-order valence-corrected chi connectivity index (χ1v) is 4.51. The van der Waals surface area contributed by atoms with Crippen LogP contribution in [-0.2, 0) is 0 Å². The van der Waals surface area contributed by atoms with Crippen molar-refractivity contribution in [1.82, 2.24) is 9.97 Å². The van der Waals surface area contributed by atoms with Crippen molar-refractivity contribution >= 4 is 5.69 Å². The van der Waals surface area contributed by atoms with Crippen LogP contribution >= 0.6 is 0 Å². The summed E-state index contributed by atoms with van der Waals surface area (Å²) in [6.45, 7) is 0. The Hall–Kier alpha value is -2.10. The number of ether oxygens (including phenoxy) is 1. The molecule has 4 nitrogen and oxygen atoms in total. The summed E-state index contributed by atoms with van der Waals surface area (Å²) in [6, 6.07) is 7.42. The normalized spacial score (nSPS) is 9.93. The molecule has 0 saturated heterocycles. The van der Waals surface area contributed by atoms with Gasteiger partial charge in [0.05, 0.1) is 19.5 Å². The third-order valence-electron chi connectivity index (χ3n) is 2.03. The molecule has 0 fully saturated rings. The molecule has 0 aliphatic heterocycles. The minimum Gasteiger partial charge on any atom is -0.494 e. The minimum atomic E-state index is 0.647. The first-order chi connectivity index (χ1) is 7.29. The molecule has 2 N–H and O–H groups in total. The number of hydrogen-bond donors (Lipinski definition) is 1. The molecular weight excluding hydrogens is 190 g/mol. The fourth-order valence-electron chi connectivity index (χ4n) is 1.20. The van der Waals surface area contributed by atoms with Gasteiger partial charge in [0, 0.05) is 11.3 Å². The molecule has 0 aliphatic rings. The average molecular weight is 201 g/mol. The second-order valence-corrected chi connectivity index (χ2v) is 3.07. The van der Waals surface area contributed by atoms with Gasteiger partial charge in [0.1, 0.15) is 0 Å². The van der Waals surface area contributed by atoms with E-state index in [2.05, 4.69) is 9.97 Å². The van der Waals surface area contributed by atoms with E-state index in [4.69, 9.17) is 10.5 Å². The van der Waals surface area contributed by atoms with Gasteiger partial charge in [-0.1, -0.05) is 0 Å². The summed E-state index contributed by atoms with van der Waals surface area (Å²) in [5.74, 6) is 1.31. The molecule has 0 atom stereocenters. The molecule has 0 bridgehead atoms. The number of nitrogens with two attached hydrogens (primary N) is 1. The van der Waals surface area contributed by atoms with Crippen LogP contribution in [0.5, 0.6) is 5.75 Å². The molecular formula is C11H11N3O. The molecule has 0 spiro atoms. The quantitative estimate of drug-likeness (QED) is 0.752. The summed E-state index contributed by atoms with van der Waals surface area (Å²) in [7, 11) is 1.58. The molecule has 0 unspecified atom stereocenters. The van der Waals surface area contributed by atoms with Crippen LogP contribution in [0.1, 0.15) is 0 Å². The minimum absolute atomic E-state index is 0.647. The second kappa shape index (κ2) is 3.96. The molecule has 2 rings (SSSR count). The SMILES string of the molecule is COc1cnc(-c2ccc(N)cc2)nc1. The van der Waals surface area contributed by atoms with Crippen molar-refractivity contribution in [3.8, 4) is 17.1 Å². The molecule has 0 radical (unpaired) electrons. The van der Waals surface area contributed by atoms with E-state index in [9.17, 15) is 0 Å². The van der Waals surface area contributed by atoms with Crippen molar-refractivity contribution in [3.63, 3.8) is 0 Å². The van der Waals surface area contributed by atoms with Crippen molar-refractivity contribution in [2.45, 2.75) is 0 Å². The largest absolute Gasteiger partial charge is 0.494 e. The fraction of sp³-hybridized carbons (Fsp3) is 0.0909. The summed E-state index contributed by atoms with van der Waals surface area (Å²) in [5.41, 5.74) is 7.26. The van der Waals surface area contributed by atoms with E-state index in [1.165, 1.54) is 0 Å². The number of rotatable bonds is 2. The number of anilines is 1. The lowest BCUT2D eigenvalue weighted by Crippen LogP contribution is -1.91. The lowest BCUT2D eigenvalue weighted by Gasteiger charge is -2.01. The first kappa shape index (κ1) is 9.45. The number of benzene rings is 1. The van der Waals surface area contributed by atoms with E-state index in [0.29, 0.717) is 11.6 Å². The summed E-state index contributed by atoms with van der Waals surface area (Å²) < 4.78 is 4.98. The fourth-order valence-corrected chi connectivity index (χ4v) is 1.20. The summed E-state index contributed by atoms with van der Waals surface area (Å²) in [5, 5.41) is 0. The standard InChI is InChI=1S/C11H11N3O/c1-15-10-6-13-11(14-7-10)8-2-4-9(12)5-3-8/h2-7H,12H2,1H3. The van der Waals surface area contributed by atoms with Crippen LogP contribution in [0.3, 0.4) is 0 Å². The second-order valence-electron chi connectivity index (χ2n) is 3.07. The highest BCUT2D eigenvalue weighted by Crippen LogP contribution is 2.17. The van der Waals surface area contributed by atoms with Gasteiger partial charge >= 0.3 is 0 Å². The highest BCUT2D eigenvalue weighted by atomic mass is 16.5. The Morgan fingerprint density at radius 2 is 1.67 bits per heavy atom. The first-order valence-electron chi connectivity index (χ1n) is 4.51. The predicted molar refractivity (Wildman–Crippen MR) is 58.4 cm³/mol. The Morgan fingerprint density at radius 3 is 2.20 bits per heavy atom. The maximum Gasteiger partial charge on any atom is 0.159 e. The smallest absolute Gasteiger partial charge is 0.159 e. The number of nitrogen functional groups attached to an aromatic ring is 1. The van der Waals surface area contributed by atoms with Gasteiger partial charge in [-0.15, -0.1) is 0 Å². The van der Waals surface area contributed by atoms with E-state index < -0.39 is 0 Å². The Kier molecular flexibility index (Phi) is 2.49. The van der Waals surface area contributed by atoms with Crippen molar-refractivity contribution in [2.24, 2.45) is 0 Å². The van der Waals surface area contributed by atoms with Crippen molar-refractivity contribution in [3.05, 3.63) is 36.7 Å². The topological polar surface area (TPSA) is 61.0 Å². The molecule has 4 heteroatoms. The van der Waals surface area contributed by atoms with Gasteiger partial charge in [-0.25, -0.2) is 9.97 Å². The third kappa shape index (κ3) is 2.04. The Bertz CT molecular complexity index is 436. The molecule has 0 amide bonds. The molecule has 76 valence electrons. The van der Waals surface area contributed by atoms with Gasteiger partial charge < -0.3 is 10.5 Å². The van der Waals surface area contributed by atoms with E-state index in [0.717, 1.165) is 11.3 Å². The molecule has 1 aromatic carbocycles. The predicted octanol–water partition coefficient (Wildman–Crippen LogP) is 1.73. The van der Waals surface area contributed by atoms with Crippen LogP contribution in [0.25, 0.3) is 11.4 Å².